The number of halogens is 3. The average molecular weight is 486 g/mol. The van der Waals surface area contributed by atoms with Gasteiger partial charge in [-0.2, -0.15) is 13.2 Å². The largest absolute Gasteiger partial charge is 0.416 e. The molecule has 2 aliphatic heterocycles. The van der Waals surface area contributed by atoms with Crippen molar-refractivity contribution in [3.05, 3.63) is 81.8 Å². The van der Waals surface area contributed by atoms with Crippen LogP contribution in [0.4, 0.5) is 13.2 Å². The van der Waals surface area contributed by atoms with E-state index in [-0.39, 0.29) is 29.6 Å². The van der Waals surface area contributed by atoms with Crippen molar-refractivity contribution < 1.29 is 22.7 Å². The number of aryl methyl sites for hydroxylation is 1. The molecule has 2 aliphatic rings. The molecule has 10 heteroatoms. The number of hydrogen-bond acceptors (Lipinski definition) is 4. The average Bonchev–Trinajstić information content (AvgIpc) is 3.40. The molecule has 0 unspecified atom stereocenters. The highest BCUT2D eigenvalue weighted by atomic mass is 19.4. The van der Waals surface area contributed by atoms with Crippen molar-refractivity contribution in [1.82, 2.24) is 19.0 Å². The van der Waals surface area contributed by atoms with Gasteiger partial charge in [0, 0.05) is 25.8 Å². The molecule has 7 nitrogen and oxygen atoms in total. The van der Waals surface area contributed by atoms with E-state index in [9.17, 15) is 22.8 Å². The van der Waals surface area contributed by atoms with Gasteiger partial charge in [-0.25, -0.2) is 4.98 Å². The van der Waals surface area contributed by atoms with E-state index in [2.05, 4.69) is 4.98 Å². The van der Waals surface area contributed by atoms with E-state index in [1.54, 1.807) is 34.1 Å². The number of aromatic nitrogens is 3. The number of rotatable bonds is 4. The molecule has 5 rings (SSSR count). The number of amides is 1. The zero-order chi connectivity index (χ0) is 24.9. The van der Waals surface area contributed by atoms with Gasteiger partial charge in [-0.1, -0.05) is 19.1 Å². The zero-order valence-corrected chi connectivity index (χ0v) is 19.3. The van der Waals surface area contributed by atoms with Crippen molar-refractivity contribution in [3.63, 3.8) is 0 Å². The van der Waals surface area contributed by atoms with E-state index in [4.69, 9.17) is 4.74 Å². The Balaban J connectivity index is 1.29. The monoisotopic (exact) mass is 486 g/mol. The number of benzene rings is 1. The van der Waals surface area contributed by atoms with Crippen molar-refractivity contribution in [2.75, 3.05) is 13.1 Å². The fourth-order valence-electron chi connectivity index (χ4n) is 4.95. The van der Waals surface area contributed by atoms with Crippen LogP contribution >= 0.6 is 0 Å². The van der Waals surface area contributed by atoms with Crippen molar-refractivity contribution in [3.8, 4) is 5.69 Å². The maximum absolute atomic E-state index is 13.2. The molecule has 1 amide bonds. The summed E-state index contributed by atoms with van der Waals surface area (Å²) >= 11 is 0. The number of carbonyl (C=O) groups excluding carboxylic acids is 1. The fraction of sp³-hybridized carbons (Fsp3) is 0.400. The second-order valence-corrected chi connectivity index (χ2v) is 9.25. The first-order valence-electron chi connectivity index (χ1n) is 11.5. The zero-order valence-electron chi connectivity index (χ0n) is 19.3. The lowest BCUT2D eigenvalue weighted by atomic mass is 9.95. The number of fused-ring (bicyclic) bond motifs is 1. The van der Waals surface area contributed by atoms with Crippen LogP contribution in [0.2, 0.25) is 0 Å². The number of alkyl halides is 3. The van der Waals surface area contributed by atoms with Crippen molar-refractivity contribution in [2.24, 2.45) is 5.92 Å². The van der Waals surface area contributed by atoms with Gasteiger partial charge in [0.2, 0.25) is 0 Å². The Morgan fingerprint density at radius 1 is 1.09 bits per heavy atom. The van der Waals surface area contributed by atoms with Gasteiger partial charge in [-0.15, -0.1) is 0 Å². The highest BCUT2D eigenvalue weighted by molar-refractivity contribution is 5.93. The van der Waals surface area contributed by atoms with Gasteiger partial charge in [0.05, 0.1) is 29.8 Å². The minimum absolute atomic E-state index is 0.0905. The molecule has 0 spiro atoms. The molecule has 0 bridgehead atoms. The molecule has 3 aromatic rings. The topological polar surface area (TPSA) is 69.4 Å². The van der Waals surface area contributed by atoms with Crippen molar-refractivity contribution in [2.45, 2.75) is 45.2 Å². The first-order valence-corrected chi connectivity index (χ1v) is 11.5. The summed E-state index contributed by atoms with van der Waals surface area (Å²) in [6, 6.07) is 8.35. The lowest BCUT2D eigenvalue weighted by Gasteiger charge is -2.31. The molecule has 1 aromatic carbocycles. The van der Waals surface area contributed by atoms with Gasteiger partial charge in [0.1, 0.15) is 11.4 Å². The molecule has 0 N–H and O–H groups in total. The third-order valence-electron chi connectivity index (χ3n) is 6.72. The van der Waals surface area contributed by atoms with Crippen molar-refractivity contribution in [1.29, 1.82) is 0 Å². The van der Waals surface area contributed by atoms with Gasteiger partial charge >= 0.3 is 6.18 Å². The molecule has 0 saturated carbocycles. The van der Waals surface area contributed by atoms with Crippen LogP contribution in [0.25, 0.3) is 5.69 Å². The standard InChI is InChI=1S/C25H25F3N4O3/c1-15-11-19(35-22(15)17-3-5-18(6-4-17)25(26,27)28)13-30-9-10-32-21(23(30)33)8-7-20(24(32)34)31-12-16(2)29-14-31/h3-8,12,14-15,19,22H,9-11,13H2,1-2H3/t15-,19-,22+/m0/s1. The lowest BCUT2D eigenvalue weighted by molar-refractivity contribution is -0.137. The van der Waals surface area contributed by atoms with Crippen LogP contribution in [0.5, 0.6) is 0 Å². The van der Waals surface area contributed by atoms with E-state index in [0.717, 1.165) is 17.8 Å². The first-order chi connectivity index (χ1) is 16.6. The predicted octanol–water partition coefficient (Wildman–Crippen LogP) is 3.98. The summed E-state index contributed by atoms with van der Waals surface area (Å²) in [5.74, 6) is -0.149. The minimum Gasteiger partial charge on any atom is -0.368 e. The number of imidazole rings is 1. The van der Waals surface area contributed by atoms with Crippen molar-refractivity contribution >= 4 is 5.91 Å². The van der Waals surface area contributed by atoms with E-state index in [1.165, 1.54) is 16.7 Å². The van der Waals surface area contributed by atoms with Gasteiger partial charge in [-0.3, -0.25) is 9.59 Å². The second-order valence-electron chi connectivity index (χ2n) is 9.25. The summed E-state index contributed by atoms with van der Waals surface area (Å²) in [5, 5.41) is 0. The quantitative estimate of drug-likeness (QED) is 0.560. The number of carbonyl (C=O) groups is 1. The number of pyridine rings is 1. The van der Waals surface area contributed by atoms with E-state index < -0.39 is 11.7 Å². The molecule has 2 aromatic heterocycles. The second kappa shape index (κ2) is 8.67. The summed E-state index contributed by atoms with van der Waals surface area (Å²) in [5.41, 5.74) is 1.30. The molecule has 4 heterocycles. The van der Waals surface area contributed by atoms with Crippen LogP contribution in [0.15, 0.2) is 53.7 Å². The summed E-state index contributed by atoms with van der Waals surface area (Å²) in [7, 11) is 0. The van der Waals surface area contributed by atoms with Gasteiger partial charge in [-0.05, 0) is 49.1 Å². The molecule has 0 radical (unpaired) electrons. The molecule has 35 heavy (non-hydrogen) atoms. The summed E-state index contributed by atoms with van der Waals surface area (Å²) in [6.45, 7) is 4.93. The summed E-state index contributed by atoms with van der Waals surface area (Å²) < 4.78 is 48.0. The third kappa shape index (κ3) is 4.38. The maximum Gasteiger partial charge on any atom is 0.416 e. The van der Waals surface area contributed by atoms with E-state index in [1.807, 2.05) is 13.8 Å². The van der Waals surface area contributed by atoms with Crippen LogP contribution in [0.3, 0.4) is 0 Å². The van der Waals surface area contributed by atoms with Gasteiger partial charge < -0.3 is 18.8 Å². The van der Waals surface area contributed by atoms with Crippen LogP contribution in [0, 0.1) is 12.8 Å². The van der Waals surface area contributed by atoms with Gasteiger partial charge in [0.25, 0.3) is 11.5 Å². The Bertz CT molecular complexity index is 1310. The molecular formula is C25H25F3N4O3. The Hall–Kier alpha value is -3.40. The van der Waals surface area contributed by atoms with E-state index >= 15 is 0 Å². The maximum atomic E-state index is 13.2. The summed E-state index contributed by atoms with van der Waals surface area (Å²) in [4.78, 5) is 32.0. The first kappa shape index (κ1) is 23.3. The van der Waals surface area contributed by atoms with Gasteiger partial charge in [0.15, 0.2) is 0 Å². The number of ether oxygens (including phenoxy) is 1. The SMILES string of the molecule is Cc1cn(-c2ccc3n(c2=O)CCN(C[C@@H]2C[C@H](C)[C@H](c4ccc(C(F)(F)F)cc4)O2)C3=O)cn1. The third-order valence-corrected chi connectivity index (χ3v) is 6.72. The fourth-order valence-corrected chi connectivity index (χ4v) is 4.95. The Morgan fingerprint density at radius 2 is 1.83 bits per heavy atom. The molecule has 3 atom stereocenters. The Morgan fingerprint density at radius 3 is 2.49 bits per heavy atom. The predicted molar refractivity (Wildman–Crippen MR) is 121 cm³/mol. The smallest absolute Gasteiger partial charge is 0.368 e. The highest BCUT2D eigenvalue weighted by Crippen LogP contribution is 2.39. The van der Waals surface area contributed by atoms with Crippen LogP contribution in [-0.4, -0.2) is 44.1 Å². The van der Waals surface area contributed by atoms with E-state index in [0.29, 0.717) is 43.0 Å². The molecule has 1 saturated heterocycles. The van der Waals surface area contributed by atoms with Crippen LogP contribution in [-0.2, 0) is 17.5 Å². The van der Waals surface area contributed by atoms with Crippen LogP contribution in [0.1, 0.15) is 46.8 Å². The Labute approximate surface area is 199 Å². The molecule has 184 valence electrons. The summed E-state index contributed by atoms with van der Waals surface area (Å²) in [6.07, 6.45) is -0.949. The minimum atomic E-state index is -4.38. The Kier molecular flexibility index (Phi) is 5.79. The van der Waals surface area contributed by atoms with Crippen LogP contribution < -0.4 is 5.56 Å². The molecule has 0 aliphatic carbocycles. The molecular weight excluding hydrogens is 461 g/mol. The number of nitrogens with zero attached hydrogens (tertiary/aromatic N) is 4. The lowest BCUT2D eigenvalue weighted by Crippen LogP contribution is -2.47. The normalized spacial score (nSPS) is 22.5. The molecule has 1 fully saturated rings. The number of hydrogen-bond donors (Lipinski definition) is 0. The highest BCUT2D eigenvalue weighted by Gasteiger charge is 2.37.